The van der Waals surface area contributed by atoms with Gasteiger partial charge in [0.15, 0.2) is 0 Å². The Morgan fingerprint density at radius 2 is 1.44 bits per heavy atom. The number of hydrogen-bond acceptors (Lipinski definition) is 2. The van der Waals surface area contributed by atoms with Crippen LogP contribution in [0.3, 0.4) is 0 Å². The van der Waals surface area contributed by atoms with Gasteiger partial charge in [-0.15, -0.1) is 0 Å². The molecule has 3 nitrogen and oxygen atoms in total. The van der Waals surface area contributed by atoms with E-state index in [2.05, 4.69) is 6.92 Å². The lowest BCUT2D eigenvalue weighted by Crippen LogP contribution is -2.29. The normalized spacial score (nSPS) is 12.6. The van der Waals surface area contributed by atoms with Crippen LogP contribution in [0.2, 0.25) is 0 Å². The van der Waals surface area contributed by atoms with Crippen LogP contribution in [0.1, 0.15) is 71.1 Å². The van der Waals surface area contributed by atoms with Gasteiger partial charge in [-0.2, -0.15) is 0 Å². The maximum Gasteiger partial charge on any atom is 0.320 e. The maximum absolute atomic E-state index is 10.4. The molecule has 0 aromatic carbocycles. The Morgan fingerprint density at radius 3 is 1.88 bits per heavy atom. The van der Waals surface area contributed by atoms with Crippen molar-refractivity contribution in [1.29, 1.82) is 0 Å². The number of carbonyl (C=O) groups is 1. The van der Waals surface area contributed by atoms with Gasteiger partial charge in [0.05, 0.1) is 0 Å². The molecule has 0 aromatic heterocycles. The number of rotatable bonds is 11. The van der Waals surface area contributed by atoms with Crippen molar-refractivity contribution >= 4 is 5.97 Å². The van der Waals surface area contributed by atoms with E-state index in [0.717, 1.165) is 12.8 Å². The highest BCUT2D eigenvalue weighted by atomic mass is 16.4. The van der Waals surface area contributed by atoms with Crippen LogP contribution in [0.15, 0.2) is 0 Å². The minimum atomic E-state index is -0.875. The molecule has 0 radical (unpaired) electrons. The molecule has 0 aliphatic heterocycles. The first-order valence-electron chi connectivity index (χ1n) is 6.67. The zero-order chi connectivity index (χ0) is 12.2. The second kappa shape index (κ2) is 10.9. The van der Waals surface area contributed by atoms with Crippen LogP contribution in [-0.4, -0.2) is 17.1 Å². The molecule has 0 heterocycles. The van der Waals surface area contributed by atoms with Gasteiger partial charge in [-0.1, -0.05) is 64.7 Å². The molecule has 1 unspecified atom stereocenters. The Kier molecular flexibility index (Phi) is 10.5. The second-order valence-corrected chi connectivity index (χ2v) is 4.56. The predicted octanol–water partition coefficient (Wildman–Crippen LogP) is 3.32. The number of carboxylic acid groups (broad SMARTS) is 1. The molecule has 0 saturated heterocycles. The van der Waals surface area contributed by atoms with Gasteiger partial charge in [-0.05, 0) is 6.42 Å². The summed E-state index contributed by atoms with van der Waals surface area (Å²) in [5.74, 6) is -0.875. The summed E-state index contributed by atoms with van der Waals surface area (Å²) in [6, 6.07) is -0.662. The van der Waals surface area contributed by atoms with Gasteiger partial charge in [0.1, 0.15) is 6.04 Å². The van der Waals surface area contributed by atoms with Gasteiger partial charge >= 0.3 is 5.97 Å². The highest BCUT2D eigenvalue weighted by Gasteiger charge is 2.09. The van der Waals surface area contributed by atoms with Crippen molar-refractivity contribution in [3.8, 4) is 0 Å². The first-order chi connectivity index (χ1) is 7.68. The third-order valence-corrected chi connectivity index (χ3v) is 2.94. The fourth-order valence-corrected chi connectivity index (χ4v) is 1.80. The summed E-state index contributed by atoms with van der Waals surface area (Å²) >= 11 is 0. The Balaban J connectivity index is 3.07. The van der Waals surface area contributed by atoms with Crippen molar-refractivity contribution < 1.29 is 9.90 Å². The standard InChI is InChI=1S/C13H27NO2/c1-2-3-4-5-6-7-8-9-10-11-12(14)13(15)16/h12H,2-11,14H2,1H3,(H,15,16). The minimum Gasteiger partial charge on any atom is -0.480 e. The second-order valence-electron chi connectivity index (χ2n) is 4.56. The van der Waals surface area contributed by atoms with Crippen molar-refractivity contribution in [2.24, 2.45) is 5.73 Å². The number of hydrogen-bond donors (Lipinski definition) is 2. The van der Waals surface area contributed by atoms with Crippen LogP contribution >= 0.6 is 0 Å². The summed E-state index contributed by atoms with van der Waals surface area (Å²) in [4.78, 5) is 10.4. The van der Waals surface area contributed by atoms with Crippen molar-refractivity contribution in [3.05, 3.63) is 0 Å². The highest BCUT2D eigenvalue weighted by molar-refractivity contribution is 5.72. The van der Waals surface area contributed by atoms with E-state index >= 15 is 0 Å². The fraction of sp³-hybridized carbons (Fsp3) is 0.923. The molecule has 0 saturated carbocycles. The molecule has 0 fully saturated rings. The lowest BCUT2D eigenvalue weighted by Gasteiger charge is -2.05. The molecule has 0 bridgehead atoms. The van der Waals surface area contributed by atoms with Crippen molar-refractivity contribution in [2.75, 3.05) is 0 Å². The van der Waals surface area contributed by atoms with E-state index in [0.29, 0.717) is 6.42 Å². The van der Waals surface area contributed by atoms with Gasteiger partial charge in [0, 0.05) is 0 Å². The predicted molar refractivity (Wildman–Crippen MR) is 67.5 cm³/mol. The average molecular weight is 229 g/mol. The molecule has 0 aliphatic carbocycles. The quantitative estimate of drug-likeness (QED) is 0.534. The van der Waals surface area contributed by atoms with E-state index in [1.807, 2.05) is 0 Å². The largest absolute Gasteiger partial charge is 0.480 e. The minimum absolute atomic E-state index is 0.616. The zero-order valence-electron chi connectivity index (χ0n) is 10.6. The monoisotopic (exact) mass is 229 g/mol. The van der Waals surface area contributed by atoms with Gasteiger partial charge in [-0.25, -0.2) is 0 Å². The lowest BCUT2D eigenvalue weighted by atomic mass is 10.0. The van der Waals surface area contributed by atoms with Crippen LogP contribution in [0.25, 0.3) is 0 Å². The van der Waals surface area contributed by atoms with Crippen LogP contribution in [-0.2, 0) is 4.79 Å². The molecule has 0 amide bonds. The number of aliphatic carboxylic acids is 1. The molecule has 3 heteroatoms. The fourth-order valence-electron chi connectivity index (χ4n) is 1.80. The average Bonchev–Trinajstić information content (AvgIpc) is 2.26. The Labute approximate surface area is 99.4 Å². The number of nitrogens with two attached hydrogens (primary N) is 1. The lowest BCUT2D eigenvalue weighted by molar-refractivity contribution is -0.138. The molecule has 3 N–H and O–H groups in total. The topological polar surface area (TPSA) is 63.3 Å². The van der Waals surface area contributed by atoms with Crippen LogP contribution in [0.4, 0.5) is 0 Å². The molecule has 1 atom stereocenters. The van der Waals surface area contributed by atoms with Crippen LogP contribution < -0.4 is 5.73 Å². The zero-order valence-corrected chi connectivity index (χ0v) is 10.6. The van der Waals surface area contributed by atoms with Gasteiger partial charge in [0.25, 0.3) is 0 Å². The Bertz CT molecular complexity index is 171. The van der Waals surface area contributed by atoms with Gasteiger partial charge in [-0.3, -0.25) is 4.79 Å². The van der Waals surface area contributed by atoms with Gasteiger partial charge in [0.2, 0.25) is 0 Å². The summed E-state index contributed by atoms with van der Waals surface area (Å²) < 4.78 is 0. The highest BCUT2D eigenvalue weighted by Crippen LogP contribution is 2.10. The number of unbranched alkanes of at least 4 members (excludes halogenated alkanes) is 8. The van der Waals surface area contributed by atoms with E-state index in [-0.39, 0.29) is 0 Å². The summed E-state index contributed by atoms with van der Waals surface area (Å²) in [6.45, 7) is 2.23. The Hall–Kier alpha value is -0.570. The van der Waals surface area contributed by atoms with E-state index < -0.39 is 12.0 Å². The van der Waals surface area contributed by atoms with Crippen molar-refractivity contribution in [3.63, 3.8) is 0 Å². The summed E-state index contributed by atoms with van der Waals surface area (Å²) in [5, 5.41) is 8.58. The summed E-state index contributed by atoms with van der Waals surface area (Å²) in [6.07, 6.45) is 11.9. The van der Waals surface area contributed by atoms with E-state index in [1.54, 1.807) is 0 Å². The Morgan fingerprint density at radius 1 is 1.00 bits per heavy atom. The molecule has 0 aromatic rings. The molecule has 16 heavy (non-hydrogen) atoms. The summed E-state index contributed by atoms with van der Waals surface area (Å²) in [5.41, 5.74) is 5.41. The van der Waals surface area contributed by atoms with E-state index in [1.165, 1.54) is 44.9 Å². The first-order valence-corrected chi connectivity index (χ1v) is 6.67. The van der Waals surface area contributed by atoms with E-state index in [4.69, 9.17) is 10.8 Å². The number of carboxylic acids is 1. The van der Waals surface area contributed by atoms with Crippen molar-refractivity contribution in [1.82, 2.24) is 0 Å². The smallest absolute Gasteiger partial charge is 0.320 e. The maximum atomic E-state index is 10.4. The SMILES string of the molecule is CCCCCCCCCCCC(N)C(=O)O. The van der Waals surface area contributed by atoms with Crippen LogP contribution in [0.5, 0.6) is 0 Å². The molecule has 0 spiro atoms. The third-order valence-electron chi connectivity index (χ3n) is 2.94. The summed E-state index contributed by atoms with van der Waals surface area (Å²) in [7, 11) is 0. The molecular weight excluding hydrogens is 202 g/mol. The van der Waals surface area contributed by atoms with Crippen molar-refractivity contribution in [2.45, 2.75) is 77.2 Å². The van der Waals surface area contributed by atoms with E-state index in [9.17, 15) is 4.79 Å². The van der Waals surface area contributed by atoms with Gasteiger partial charge < -0.3 is 10.8 Å². The molecule has 0 aliphatic rings. The molecule has 96 valence electrons. The molecule has 0 rings (SSSR count). The van der Waals surface area contributed by atoms with Crippen LogP contribution in [0, 0.1) is 0 Å². The third kappa shape index (κ3) is 9.97. The first kappa shape index (κ1) is 15.4. The molecular formula is C13H27NO2.